The molecule has 2 fully saturated rings. The number of carbonyl (C=O) groups excluding carboxylic acids is 3. The lowest BCUT2D eigenvalue weighted by atomic mass is 9.98. The van der Waals surface area contributed by atoms with Gasteiger partial charge >= 0.3 is 6.03 Å². The number of carbonyl (C=O) groups is 3. The zero-order valence-corrected chi connectivity index (χ0v) is 27.1. The molecule has 7 rings (SSSR count). The summed E-state index contributed by atoms with van der Waals surface area (Å²) in [5, 5.41) is 7.31. The molecule has 3 aliphatic heterocycles. The number of thiazole rings is 1. The summed E-state index contributed by atoms with van der Waals surface area (Å²) >= 11 is 13.6. The van der Waals surface area contributed by atoms with Crippen molar-refractivity contribution in [3.05, 3.63) is 86.9 Å². The molecule has 0 spiro atoms. The fraction of sp³-hybridized carbons (Fsp3) is 0.290. The molecular weight excluding hydrogens is 649 g/mol. The van der Waals surface area contributed by atoms with Crippen LogP contribution in [-0.4, -0.2) is 75.0 Å². The van der Waals surface area contributed by atoms with Gasteiger partial charge in [-0.2, -0.15) is 5.01 Å². The highest BCUT2D eigenvalue weighted by molar-refractivity contribution is 7.22. The zero-order chi connectivity index (χ0) is 32.1. The minimum atomic E-state index is -0.760. The van der Waals surface area contributed by atoms with E-state index < -0.39 is 18.2 Å². The molecule has 5 N–H and O–H groups in total. The van der Waals surface area contributed by atoms with Gasteiger partial charge in [0.25, 0.3) is 0 Å². The number of nitrogens with zero attached hydrogens (tertiary/aromatic N) is 5. The molecule has 238 valence electrons. The smallest absolute Gasteiger partial charge is 0.332 e. The quantitative estimate of drug-likeness (QED) is 0.231. The fourth-order valence-corrected chi connectivity index (χ4v) is 7.47. The molecule has 2 atom stereocenters. The molecular formula is C31H31Cl2N9O3S. The molecule has 0 aliphatic carbocycles. The highest BCUT2D eigenvalue weighted by atomic mass is 35.5. The topological polar surface area (TPSA) is 139 Å². The summed E-state index contributed by atoms with van der Waals surface area (Å²) in [6.45, 7) is 1.32. The first kappa shape index (κ1) is 30.5. The minimum Gasteiger partial charge on any atom is -0.375 e. The van der Waals surface area contributed by atoms with E-state index in [1.165, 1.54) is 16.3 Å². The van der Waals surface area contributed by atoms with Crippen LogP contribution in [0.2, 0.25) is 10.0 Å². The Morgan fingerprint density at radius 2 is 1.96 bits per heavy atom. The Kier molecular flexibility index (Phi) is 8.11. The molecule has 12 nitrogen and oxygen atoms in total. The predicted octanol–water partition coefficient (Wildman–Crippen LogP) is 3.80. The zero-order valence-electron chi connectivity index (χ0n) is 24.8. The lowest BCUT2D eigenvalue weighted by Gasteiger charge is -2.45. The van der Waals surface area contributed by atoms with Gasteiger partial charge in [0.05, 0.1) is 39.0 Å². The Balaban J connectivity index is 1.16. The van der Waals surface area contributed by atoms with E-state index in [0.29, 0.717) is 28.1 Å². The molecule has 0 bridgehead atoms. The number of hydrogen-bond donors (Lipinski definition) is 4. The molecule has 2 saturated heterocycles. The van der Waals surface area contributed by atoms with Gasteiger partial charge in [0.1, 0.15) is 12.2 Å². The van der Waals surface area contributed by atoms with E-state index in [1.807, 2.05) is 30.3 Å². The monoisotopic (exact) mass is 679 g/mol. The molecule has 1 aromatic heterocycles. The number of nitrogens with two attached hydrogens (primary N) is 1. The van der Waals surface area contributed by atoms with Crippen LogP contribution in [0.1, 0.15) is 22.3 Å². The average Bonchev–Trinajstić information content (AvgIpc) is 3.75. The molecule has 4 aromatic rings. The second-order valence-electron chi connectivity index (χ2n) is 11.5. The predicted molar refractivity (Wildman–Crippen MR) is 178 cm³/mol. The Morgan fingerprint density at radius 1 is 1.13 bits per heavy atom. The van der Waals surface area contributed by atoms with Crippen molar-refractivity contribution in [3.63, 3.8) is 0 Å². The van der Waals surface area contributed by atoms with Crippen LogP contribution in [0.3, 0.4) is 0 Å². The number of aromatic nitrogens is 1. The van der Waals surface area contributed by atoms with Crippen molar-refractivity contribution in [3.8, 4) is 0 Å². The number of hydrazine groups is 2. The Labute approximate surface area is 279 Å². The van der Waals surface area contributed by atoms with Gasteiger partial charge in [-0.1, -0.05) is 64.9 Å². The van der Waals surface area contributed by atoms with E-state index in [1.54, 1.807) is 40.1 Å². The molecule has 3 aromatic carbocycles. The first-order valence-electron chi connectivity index (χ1n) is 14.7. The Hall–Kier alpha value is -4.14. The number of rotatable bonds is 7. The van der Waals surface area contributed by atoms with E-state index in [-0.39, 0.29) is 38.0 Å². The fourth-order valence-electron chi connectivity index (χ4n) is 6.36. The molecule has 4 heterocycles. The van der Waals surface area contributed by atoms with Crippen LogP contribution in [0.4, 0.5) is 15.6 Å². The van der Waals surface area contributed by atoms with Gasteiger partial charge in [-0.05, 0) is 46.5 Å². The van der Waals surface area contributed by atoms with Crippen molar-refractivity contribution in [2.75, 3.05) is 31.3 Å². The van der Waals surface area contributed by atoms with Crippen molar-refractivity contribution in [2.24, 2.45) is 0 Å². The third kappa shape index (κ3) is 5.69. The van der Waals surface area contributed by atoms with E-state index in [9.17, 15) is 14.4 Å². The van der Waals surface area contributed by atoms with Crippen molar-refractivity contribution < 1.29 is 14.4 Å². The van der Waals surface area contributed by atoms with Crippen LogP contribution in [0.25, 0.3) is 10.2 Å². The van der Waals surface area contributed by atoms with Crippen LogP contribution in [0, 0.1) is 0 Å². The number of para-hydroxylation sites is 1. The second-order valence-corrected chi connectivity index (χ2v) is 13.4. The largest absolute Gasteiger partial charge is 0.375 e. The maximum Gasteiger partial charge on any atom is 0.332 e. The number of benzene rings is 3. The number of piperazine rings is 1. The van der Waals surface area contributed by atoms with Crippen molar-refractivity contribution in [2.45, 2.75) is 38.3 Å². The number of amides is 4. The summed E-state index contributed by atoms with van der Waals surface area (Å²) < 4.78 is 0.939. The first-order valence-corrected chi connectivity index (χ1v) is 16.3. The van der Waals surface area contributed by atoms with Gasteiger partial charge in [-0.15, -0.1) is 0 Å². The van der Waals surface area contributed by atoms with Crippen molar-refractivity contribution in [1.82, 2.24) is 35.5 Å². The van der Waals surface area contributed by atoms with Gasteiger partial charge in [-0.3, -0.25) is 14.6 Å². The second kappa shape index (κ2) is 12.2. The molecule has 0 saturated carbocycles. The van der Waals surface area contributed by atoms with Gasteiger partial charge in [-0.25, -0.2) is 15.2 Å². The molecule has 46 heavy (non-hydrogen) atoms. The number of urea groups is 1. The number of nitrogen functional groups attached to an aromatic ring is 1. The lowest BCUT2D eigenvalue weighted by Crippen LogP contribution is -2.65. The standard InChI is InChI=1S/C31H31Cl2N9O3S/c1-39(31(45)35-12-18-5-7-21(32)22(33)10-18)41-16-27(43)42-24(11-17-6-8-23-20(9-17)13-36-38-23)29(44)40(15-26(41)42)14-19-3-2-4-25-28(19)37-30(34)46-25/h2-10,24,26,36,38H,11-16H2,1H3,(H2,34,37)(H,35,45)/t24-,26+/m0/s1. The van der Waals surface area contributed by atoms with Crippen molar-refractivity contribution >= 4 is 73.4 Å². The highest BCUT2D eigenvalue weighted by Gasteiger charge is 2.51. The van der Waals surface area contributed by atoms with Crippen LogP contribution in [0.5, 0.6) is 0 Å². The maximum absolute atomic E-state index is 14.3. The number of halogens is 2. The number of hydrogen-bond acceptors (Lipinski definition) is 9. The summed E-state index contributed by atoms with van der Waals surface area (Å²) in [4.78, 5) is 49.2. The van der Waals surface area contributed by atoms with Gasteiger partial charge in [0.15, 0.2) is 5.13 Å². The summed E-state index contributed by atoms with van der Waals surface area (Å²) in [7, 11) is 1.62. The molecule has 0 unspecified atom stereocenters. The minimum absolute atomic E-state index is 0.0464. The summed E-state index contributed by atoms with van der Waals surface area (Å²) in [5.41, 5.74) is 17.7. The SMILES string of the molecule is CN(C(=O)NCc1ccc(Cl)c(Cl)c1)N1CC(=O)N2[C@@H](Cc3ccc4c(c3)CNN4)C(=O)N(Cc3cccc4sc(N)nc34)C[C@@H]21. The summed E-state index contributed by atoms with van der Waals surface area (Å²) in [5.74, 6) is -0.374. The number of fused-ring (bicyclic) bond motifs is 3. The van der Waals surface area contributed by atoms with E-state index in [2.05, 4.69) is 27.2 Å². The number of anilines is 2. The average molecular weight is 681 g/mol. The Bertz CT molecular complexity index is 1870. The van der Waals surface area contributed by atoms with Gasteiger partial charge in [0.2, 0.25) is 11.8 Å². The highest BCUT2D eigenvalue weighted by Crippen LogP contribution is 2.33. The first-order chi connectivity index (χ1) is 22.2. The van der Waals surface area contributed by atoms with Crippen LogP contribution in [0.15, 0.2) is 54.6 Å². The van der Waals surface area contributed by atoms with Crippen molar-refractivity contribution in [1.29, 1.82) is 0 Å². The number of nitrogens with one attached hydrogen (secondary N) is 3. The van der Waals surface area contributed by atoms with E-state index >= 15 is 0 Å². The van der Waals surface area contributed by atoms with Crippen LogP contribution in [-0.2, 0) is 35.6 Å². The van der Waals surface area contributed by atoms with Crippen LogP contribution >= 0.6 is 34.5 Å². The molecule has 0 radical (unpaired) electrons. The van der Waals surface area contributed by atoms with E-state index in [4.69, 9.17) is 28.9 Å². The Morgan fingerprint density at radius 3 is 2.78 bits per heavy atom. The molecule has 4 amide bonds. The van der Waals surface area contributed by atoms with Gasteiger partial charge < -0.3 is 26.3 Å². The molecule has 3 aliphatic rings. The normalized spacial score (nSPS) is 19.4. The summed E-state index contributed by atoms with van der Waals surface area (Å²) in [6, 6.07) is 15.8. The molecule has 15 heteroatoms. The maximum atomic E-state index is 14.3. The summed E-state index contributed by atoms with van der Waals surface area (Å²) in [6.07, 6.45) is -0.229. The lowest BCUT2D eigenvalue weighted by molar-refractivity contribution is -0.157. The van der Waals surface area contributed by atoms with Gasteiger partial charge in [0, 0.05) is 33.1 Å². The van der Waals surface area contributed by atoms with Crippen LogP contribution < -0.4 is 21.9 Å². The third-order valence-electron chi connectivity index (χ3n) is 8.65. The van der Waals surface area contributed by atoms with E-state index in [0.717, 1.165) is 38.2 Å². The third-order valence-corrected chi connectivity index (χ3v) is 10.2.